The molecule has 31 heavy (non-hydrogen) atoms. The van der Waals surface area contributed by atoms with E-state index in [1.165, 1.54) is 26.0 Å². The number of nitrogens with one attached hydrogen (secondary N) is 2. The molecule has 2 aromatic carbocycles. The zero-order valence-corrected chi connectivity index (χ0v) is 17.1. The van der Waals surface area contributed by atoms with Crippen LogP contribution in [0.2, 0.25) is 0 Å². The molecule has 0 atom stereocenters. The first-order chi connectivity index (χ1) is 14.7. The van der Waals surface area contributed by atoms with Crippen LogP contribution in [0.4, 0.5) is 10.2 Å². The Morgan fingerprint density at radius 3 is 2.23 bits per heavy atom. The first-order valence-electron chi connectivity index (χ1n) is 9.52. The number of hydrogen-bond donors (Lipinski definition) is 3. The number of aromatic nitrogens is 1. The van der Waals surface area contributed by atoms with Gasteiger partial charge in [-0.25, -0.2) is 9.37 Å². The number of amides is 2. The van der Waals surface area contributed by atoms with Gasteiger partial charge in [-0.05, 0) is 74.5 Å². The summed E-state index contributed by atoms with van der Waals surface area (Å²) in [4.78, 5) is 28.1. The van der Waals surface area contributed by atoms with E-state index in [1.807, 2.05) is 12.1 Å². The molecular weight excluding hydrogens is 401 g/mol. The number of pyridine rings is 1. The van der Waals surface area contributed by atoms with Gasteiger partial charge in [0.1, 0.15) is 28.7 Å². The molecule has 0 saturated heterocycles. The highest BCUT2D eigenvalue weighted by Crippen LogP contribution is 2.25. The van der Waals surface area contributed by atoms with E-state index in [-0.39, 0.29) is 12.4 Å². The molecule has 0 saturated carbocycles. The predicted octanol–water partition coefficient (Wildman–Crippen LogP) is 3.51. The SMILES string of the molecule is CC(C)(O)C(=O)NCC(=O)Nc1cccc(-c2ccc(Oc3ccc(F)cc3)cc2)n1. The molecule has 0 radical (unpaired) electrons. The third kappa shape index (κ3) is 6.35. The molecule has 0 unspecified atom stereocenters. The fraction of sp³-hybridized carbons (Fsp3) is 0.174. The summed E-state index contributed by atoms with van der Waals surface area (Å²) >= 11 is 0. The summed E-state index contributed by atoms with van der Waals surface area (Å²) in [5.74, 6) is -0.0133. The van der Waals surface area contributed by atoms with E-state index in [0.29, 0.717) is 23.0 Å². The molecule has 3 aromatic rings. The van der Waals surface area contributed by atoms with E-state index < -0.39 is 17.4 Å². The third-order valence-electron chi connectivity index (χ3n) is 4.18. The fourth-order valence-corrected chi connectivity index (χ4v) is 2.56. The molecule has 160 valence electrons. The number of ether oxygens (including phenoxy) is 1. The van der Waals surface area contributed by atoms with Crippen molar-refractivity contribution < 1.29 is 23.8 Å². The molecule has 3 N–H and O–H groups in total. The summed E-state index contributed by atoms with van der Waals surface area (Å²) in [7, 11) is 0. The minimum atomic E-state index is -1.56. The van der Waals surface area contributed by atoms with Crippen molar-refractivity contribution >= 4 is 17.6 Å². The third-order valence-corrected chi connectivity index (χ3v) is 4.18. The number of carbonyl (C=O) groups is 2. The second-order valence-corrected chi connectivity index (χ2v) is 7.28. The Labute approximate surface area is 178 Å². The highest BCUT2D eigenvalue weighted by atomic mass is 19.1. The normalized spacial score (nSPS) is 11.0. The van der Waals surface area contributed by atoms with Gasteiger partial charge in [0.15, 0.2) is 0 Å². The molecule has 0 aliphatic rings. The van der Waals surface area contributed by atoms with E-state index in [1.54, 1.807) is 42.5 Å². The van der Waals surface area contributed by atoms with E-state index in [4.69, 9.17) is 4.74 Å². The summed E-state index contributed by atoms with van der Waals surface area (Å²) in [6, 6.07) is 18.1. The summed E-state index contributed by atoms with van der Waals surface area (Å²) in [6.07, 6.45) is 0. The zero-order valence-electron chi connectivity index (χ0n) is 17.1. The van der Waals surface area contributed by atoms with Crippen molar-refractivity contribution in [3.8, 4) is 22.8 Å². The van der Waals surface area contributed by atoms with Crippen LogP contribution in [0.25, 0.3) is 11.3 Å². The van der Waals surface area contributed by atoms with Crippen molar-refractivity contribution in [2.45, 2.75) is 19.4 Å². The van der Waals surface area contributed by atoms with Crippen LogP contribution >= 0.6 is 0 Å². The Morgan fingerprint density at radius 1 is 1.00 bits per heavy atom. The van der Waals surface area contributed by atoms with Gasteiger partial charge in [-0.3, -0.25) is 9.59 Å². The quantitative estimate of drug-likeness (QED) is 0.540. The molecule has 1 heterocycles. The van der Waals surface area contributed by atoms with Crippen LogP contribution in [0.1, 0.15) is 13.8 Å². The molecule has 8 heteroatoms. The first kappa shape index (κ1) is 21.9. The van der Waals surface area contributed by atoms with Crippen molar-refractivity contribution in [2.75, 3.05) is 11.9 Å². The fourth-order valence-electron chi connectivity index (χ4n) is 2.56. The maximum Gasteiger partial charge on any atom is 0.251 e. The second kappa shape index (κ2) is 9.36. The average Bonchev–Trinajstić information content (AvgIpc) is 2.74. The molecule has 0 fully saturated rings. The van der Waals surface area contributed by atoms with E-state index in [0.717, 1.165) is 5.56 Å². The molecule has 7 nitrogen and oxygen atoms in total. The van der Waals surface area contributed by atoms with Gasteiger partial charge >= 0.3 is 0 Å². The van der Waals surface area contributed by atoms with Crippen LogP contribution in [0.15, 0.2) is 66.7 Å². The number of aliphatic hydroxyl groups is 1. The number of hydrogen-bond acceptors (Lipinski definition) is 5. The number of carbonyl (C=O) groups excluding carboxylic acids is 2. The topological polar surface area (TPSA) is 101 Å². The highest BCUT2D eigenvalue weighted by Gasteiger charge is 2.23. The lowest BCUT2D eigenvalue weighted by Crippen LogP contribution is -2.44. The summed E-state index contributed by atoms with van der Waals surface area (Å²) < 4.78 is 18.7. The Bertz CT molecular complexity index is 1060. The van der Waals surface area contributed by atoms with Gasteiger partial charge in [0.05, 0.1) is 12.2 Å². The van der Waals surface area contributed by atoms with Crippen LogP contribution in [0.3, 0.4) is 0 Å². The van der Waals surface area contributed by atoms with Crippen molar-refractivity contribution in [1.82, 2.24) is 10.3 Å². The van der Waals surface area contributed by atoms with Gasteiger partial charge in [0.2, 0.25) is 5.91 Å². The van der Waals surface area contributed by atoms with Crippen molar-refractivity contribution in [1.29, 1.82) is 0 Å². The number of nitrogens with zero attached hydrogens (tertiary/aromatic N) is 1. The van der Waals surface area contributed by atoms with Gasteiger partial charge in [-0.15, -0.1) is 0 Å². The summed E-state index contributed by atoms with van der Waals surface area (Å²) in [5.41, 5.74) is -0.130. The molecule has 0 bridgehead atoms. The van der Waals surface area contributed by atoms with Crippen LogP contribution < -0.4 is 15.4 Å². The maximum absolute atomic E-state index is 13.0. The lowest BCUT2D eigenvalue weighted by Gasteiger charge is -2.16. The Morgan fingerprint density at radius 2 is 1.61 bits per heavy atom. The van der Waals surface area contributed by atoms with Crippen LogP contribution in [0.5, 0.6) is 11.5 Å². The van der Waals surface area contributed by atoms with Crippen molar-refractivity contribution in [3.63, 3.8) is 0 Å². The number of halogens is 1. The first-order valence-corrected chi connectivity index (χ1v) is 9.52. The lowest BCUT2D eigenvalue weighted by molar-refractivity contribution is -0.137. The number of anilines is 1. The number of benzene rings is 2. The highest BCUT2D eigenvalue weighted by molar-refractivity contribution is 5.95. The van der Waals surface area contributed by atoms with Gasteiger partial charge < -0.3 is 20.5 Å². The molecule has 1 aromatic heterocycles. The molecule has 2 amide bonds. The largest absolute Gasteiger partial charge is 0.457 e. The molecule has 3 rings (SSSR count). The Balaban J connectivity index is 1.62. The van der Waals surface area contributed by atoms with Gasteiger partial charge in [-0.2, -0.15) is 0 Å². The van der Waals surface area contributed by atoms with Gasteiger partial charge in [0.25, 0.3) is 5.91 Å². The molecule has 0 aliphatic heterocycles. The zero-order chi connectivity index (χ0) is 22.4. The lowest BCUT2D eigenvalue weighted by atomic mass is 10.1. The smallest absolute Gasteiger partial charge is 0.251 e. The predicted molar refractivity (Wildman–Crippen MR) is 114 cm³/mol. The van der Waals surface area contributed by atoms with Gasteiger partial charge in [-0.1, -0.05) is 6.07 Å². The monoisotopic (exact) mass is 423 g/mol. The summed E-state index contributed by atoms with van der Waals surface area (Å²) in [6.45, 7) is 2.38. The molecule has 0 aliphatic carbocycles. The molecule has 0 spiro atoms. The number of rotatable bonds is 7. The van der Waals surface area contributed by atoms with Crippen molar-refractivity contribution in [3.05, 3.63) is 72.5 Å². The van der Waals surface area contributed by atoms with E-state index in [9.17, 15) is 19.1 Å². The summed E-state index contributed by atoms with van der Waals surface area (Å²) in [5, 5.41) is 14.5. The van der Waals surface area contributed by atoms with Crippen LogP contribution in [-0.4, -0.2) is 34.1 Å². The Hall–Kier alpha value is -3.78. The minimum absolute atomic E-state index is 0.288. The van der Waals surface area contributed by atoms with Crippen LogP contribution in [-0.2, 0) is 9.59 Å². The maximum atomic E-state index is 13.0. The van der Waals surface area contributed by atoms with Crippen LogP contribution in [0, 0.1) is 5.82 Å². The Kier molecular flexibility index (Phi) is 6.61. The average molecular weight is 423 g/mol. The minimum Gasteiger partial charge on any atom is -0.457 e. The van der Waals surface area contributed by atoms with E-state index >= 15 is 0 Å². The van der Waals surface area contributed by atoms with E-state index in [2.05, 4.69) is 15.6 Å². The standard InChI is InChI=1S/C23H22FN3O4/c1-23(2,30)22(29)25-14-21(28)27-20-5-3-4-19(26-20)15-6-10-17(11-7-15)31-18-12-8-16(24)9-13-18/h3-13,30H,14H2,1-2H3,(H,25,29)(H,26,27,28). The molecular formula is C23H22FN3O4. The van der Waals surface area contributed by atoms with Crippen molar-refractivity contribution in [2.24, 2.45) is 0 Å². The second-order valence-electron chi connectivity index (χ2n) is 7.28. The van der Waals surface area contributed by atoms with Gasteiger partial charge in [0, 0.05) is 5.56 Å².